The Morgan fingerprint density at radius 1 is 0.941 bits per heavy atom. The summed E-state index contributed by atoms with van der Waals surface area (Å²) in [7, 11) is 0. The summed E-state index contributed by atoms with van der Waals surface area (Å²) in [6, 6.07) is 20.2. The van der Waals surface area contributed by atoms with Gasteiger partial charge in [0, 0.05) is 22.2 Å². The fourth-order valence-electron chi connectivity index (χ4n) is 3.60. The van der Waals surface area contributed by atoms with E-state index in [-0.39, 0.29) is 11.6 Å². The molecule has 2 heterocycles. The van der Waals surface area contributed by atoms with Gasteiger partial charge < -0.3 is 11.1 Å². The van der Waals surface area contributed by atoms with Crippen LogP contribution in [0.1, 0.15) is 5.56 Å². The van der Waals surface area contributed by atoms with Gasteiger partial charge in [-0.1, -0.05) is 59.6 Å². The number of hydrogen-bond donors (Lipinski definition) is 4. The molecule has 168 valence electrons. The van der Waals surface area contributed by atoms with Gasteiger partial charge in [0.1, 0.15) is 0 Å². The van der Waals surface area contributed by atoms with Crippen LogP contribution < -0.4 is 16.4 Å². The van der Waals surface area contributed by atoms with E-state index >= 15 is 0 Å². The Bertz CT molecular complexity index is 1500. The predicted molar refractivity (Wildman–Crippen MR) is 136 cm³/mol. The third-order valence-corrected chi connectivity index (χ3v) is 5.58. The molecule has 0 saturated carbocycles. The molecule has 0 aliphatic rings. The third kappa shape index (κ3) is 4.26. The second-order valence-corrected chi connectivity index (χ2v) is 8.17. The highest BCUT2D eigenvalue weighted by Crippen LogP contribution is 2.35. The fourth-order valence-corrected chi connectivity index (χ4v) is 3.87. The van der Waals surface area contributed by atoms with Gasteiger partial charge >= 0.3 is 6.03 Å². The van der Waals surface area contributed by atoms with Crippen molar-refractivity contribution in [1.82, 2.24) is 20.2 Å². The van der Waals surface area contributed by atoms with Crippen molar-refractivity contribution < 1.29 is 4.79 Å². The van der Waals surface area contributed by atoms with Gasteiger partial charge in [0.2, 0.25) is 0 Å². The number of nitrogens with zero attached hydrogens (tertiary/aromatic N) is 3. The number of aryl methyl sites for hydroxylation is 1. The van der Waals surface area contributed by atoms with E-state index in [0.717, 1.165) is 22.0 Å². The highest BCUT2D eigenvalue weighted by molar-refractivity contribution is 6.35. The average Bonchev–Trinajstić information content (AvgIpc) is 3.32. The molecular weight excluding hydrogens is 450 g/mol. The second-order valence-electron chi connectivity index (χ2n) is 7.76. The number of urea groups is 1. The summed E-state index contributed by atoms with van der Waals surface area (Å²) in [5.74, 6) is 0.236. The Morgan fingerprint density at radius 2 is 1.68 bits per heavy atom. The lowest BCUT2D eigenvalue weighted by Gasteiger charge is -2.14. The molecule has 5 aromatic rings. The molecule has 3 aromatic carbocycles. The monoisotopic (exact) mass is 469 g/mol. The zero-order valence-electron chi connectivity index (χ0n) is 18.1. The topological polar surface area (TPSA) is 122 Å². The van der Waals surface area contributed by atoms with E-state index in [1.54, 1.807) is 12.3 Å². The molecule has 0 aliphatic carbocycles. The van der Waals surface area contributed by atoms with Gasteiger partial charge in [0.15, 0.2) is 11.6 Å². The maximum atomic E-state index is 12.6. The van der Waals surface area contributed by atoms with E-state index in [0.29, 0.717) is 27.7 Å². The van der Waals surface area contributed by atoms with E-state index < -0.39 is 6.03 Å². The molecular formula is C25H20ClN7O. The Kier molecular flexibility index (Phi) is 5.57. The number of carbonyl (C=O) groups excluding carboxylic acids is 1. The Hall–Kier alpha value is -4.43. The summed E-state index contributed by atoms with van der Waals surface area (Å²) in [4.78, 5) is 21.9. The smallest absolute Gasteiger partial charge is 0.324 e. The minimum Gasteiger partial charge on any atom is -0.381 e. The van der Waals surface area contributed by atoms with Gasteiger partial charge in [0.25, 0.3) is 0 Å². The quantitative estimate of drug-likeness (QED) is 0.262. The molecule has 2 aromatic heterocycles. The molecule has 0 fully saturated rings. The molecule has 5 rings (SSSR count). The van der Waals surface area contributed by atoms with Crippen LogP contribution in [0.5, 0.6) is 0 Å². The van der Waals surface area contributed by atoms with Crippen LogP contribution >= 0.6 is 11.6 Å². The standard InChI is InChI=1S/C25H20ClN7O/c1-14-7-9-18(10-8-14)29-25(34)32-24-23(27)30-21(15-5-3-2-4-6-15)22(31-24)16-11-17-13-28-33-20(17)19(26)12-16/h2-13H,1H3,(H2,27,30)(H,28,33)(H2,29,31,32,34). The normalized spacial score (nSPS) is 10.9. The van der Waals surface area contributed by atoms with Crippen molar-refractivity contribution in [2.24, 2.45) is 0 Å². The van der Waals surface area contributed by atoms with Gasteiger partial charge in [-0.15, -0.1) is 0 Å². The van der Waals surface area contributed by atoms with Crippen molar-refractivity contribution in [3.8, 4) is 22.5 Å². The molecule has 34 heavy (non-hydrogen) atoms. The first-order valence-electron chi connectivity index (χ1n) is 10.5. The minimum atomic E-state index is -0.480. The summed E-state index contributed by atoms with van der Waals surface area (Å²) < 4.78 is 0. The lowest BCUT2D eigenvalue weighted by atomic mass is 10.0. The number of rotatable bonds is 4. The van der Waals surface area contributed by atoms with Crippen LogP contribution in [0.25, 0.3) is 33.4 Å². The summed E-state index contributed by atoms with van der Waals surface area (Å²) in [6.45, 7) is 1.98. The van der Waals surface area contributed by atoms with E-state index in [2.05, 4.69) is 25.8 Å². The number of nitrogen functional groups attached to an aromatic ring is 1. The summed E-state index contributed by atoms with van der Waals surface area (Å²) in [6.07, 6.45) is 1.69. The number of aromatic nitrogens is 4. The number of aromatic amines is 1. The Morgan fingerprint density at radius 3 is 2.44 bits per heavy atom. The highest BCUT2D eigenvalue weighted by Gasteiger charge is 2.18. The molecule has 2 amide bonds. The lowest BCUT2D eigenvalue weighted by molar-refractivity contribution is 0.262. The minimum absolute atomic E-state index is 0.0946. The number of halogens is 1. The van der Waals surface area contributed by atoms with Gasteiger partial charge in [0.05, 0.1) is 28.1 Å². The van der Waals surface area contributed by atoms with Crippen molar-refractivity contribution in [3.63, 3.8) is 0 Å². The zero-order chi connectivity index (χ0) is 23.7. The number of amides is 2. The van der Waals surface area contributed by atoms with Gasteiger partial charge in [-0.2, -0.15) is 5.10 Å². The summed E-state index contributed by atoms with van der Waals surface area (Å²) in [5.41, 5.74) is 11.3. The van der Waals surface area contributed by atoms with Crippen molar-refractivity contribution in [3.05, 3.63) is 83.5 Å². The molecule has 8 nitrogen and oxygen atoms in total. The summed E-state index contributed by atoms with van der Waals surface area (Å²) in [5, 5.41) is 13.7. The molecule has 0 bridgehead atoms. The maximum Gasteiger partial charge on any atom is 0.324 e. The SMILES string of the molecule is Cc1ccc(NC(=O)Nc2nc(-c3cc(Cl)c4[nH]ncc4c3)c(-c3ccccc3)nc2N)cc1. The Labute approximate surface area is 200 Å². The number of carbonyl (C=O) groups is 1. The first kappa shape index (κ1) is 21.4. The van der Waals surface area contributed by atoms with Crippen LogP contribution in [0.15, 0.2) is 72.9 Å². The highest BCUT2D eigenvalue weighted by atomic mass is 35.5. The number of fused-ring (bicyclic) bond motifs is 1. The van der Waals surface area contributed by atoms with Crippen LogP contribution in [0.4, 0.5) is 22.1 Å². The molecule has 5 N–H and O–H groups in total. The van der Waals surface area contributed by atoms with Gasteiger partial charge in [-0.25, -0.2) is 14.8 Å². The molecule has 9 heteroatoms. The van der Waals surface area contributed by atoms with E-state index in [1.165, 1.54) is 0 Å². The number of benzene rings is 3. The van der Waals surface area contributed by atoms with E-state index in [4.69, 9.17) is 22.3 Å². The lowest BCUT2D eigenvalue weighted by Crippen LogP contribution is -2.21. The van der Waals surface area contributed by atoms with Gasteiger partial charge in [-0.3, -0.25) is 10.4 Å². The van der Waals surface area contributed by atoms with Crippen LogP contribution in [-0.2, 0) is 0 Å². The van der Waals surface area contributed by atoms with E-state index in [9.17, 15) is 4.79 Å². The van der Waals surface area contributed by atoms with Crippen LogP contribution in [-0.4, -0.2) is 26.2 Å². The molecule has 0 atom stereocenters. The maximum absolute atomic E-state index is 12.6. The average molecular weight is 470 g/mol. The van der Waals surface area contributed by atoms with Crippen LogP contribution in [0.3, 0.4) is 0 Å². The van der Waals surface area contributed by atoms with Crippen molar-refractivity contribution in [2.75, 3.05) is 16.4 Å². The number of H-pyrrole nitrogens is 1. The van der Waals surface area contributed by atoms with Crippen molar-refractivity contribution >= 4 is 45.9 Å². The first-order valence-corrected chi connectivity index (χ1v) is 10.9. The van der Waals surface area contributed by atoms with Crippen LogP contribution in [0, 0.1) is 6.92 Å². The number of nitrogens with two attached hydrogens (primary N) is 1. The predicted octanol–water partition coefficient (Wildman–Crippen LogP) is 5.87. The molecule has 0 spiro atoms. The van der Waals surface area contributed by atoms with Crippen molar-refractivity contribution in [1.29, 1.82) is 0 Å². The molecule has 0 aliphatic heterocycles. The first-order chi connectivity index (χ1) is 16.5. The number of anilines is 3. The molecule has 0 saturated heterocycles. The number of hydrogen-bond acceptors (Lipinski definition) is 5. The molecule has 0 radical (unpaired) electrons. The summed E-state index contributed by atoms with van der Waals surface area (Å²) >= 11 is 6.48. The third-order valence-electron chi connectivity index (χ3n) is 5.29. The van der Waals surface area contributed by atoms with E-state index in [1.807, 2.05) is 67.6 Å². The Balaban J connectivity index is 1.57. The second kappa shape index (κ2) is 8.84. The van der Waals surface area contributed by atoms with Crippen molar-refractivity contribution in [2.45, 2.75) is 6.92 Å². The largest absolute Gasteiger partial charge is 0.381 e. The number of nitrogens with one attached hydrogen (secondary N) is 3. The zero-order valence-corrected chi connectivity index (χ0v) is 18.9. The van der Waals surface area contributed by atoms with Gasteiger partial charge in [-0.05, 0) is 31.2 Å². The van der Waals surface area contributed by atoms with Crippen LogP contribution in [0.2, 0.25) is 5.02 Å². The molecule has 0 unspecified atom stereocenters. The fraction of sp³-hybridized carbons (Fsp3) is 0.0400.